The van der Waals surface area contributed by atoms with Crippen molar-refractivity contribution in [3.05, 3.63) is 53.2 Å². The molecule has 1 aromatic carbocycles. The van der Waals surface area contributed by atoms with Crippen molar-refractivity contribution in [1.29, 1.82) is 0 Å². The Morgan fingerprint density at radius 1 is 1.21 bits per heavy atom. The second-order valence-electron chi connectivity index (χ2n) is 5.62. The zero-order chi connectivity index (χ0) is 16.8. The Labute approximate surface area is 146 Å². The molecule has 0 saturated carbocycles. The first-order chi connectivity index (χ1) is 11.7. The van der Waals surface area contributed by atoms with Crippen molar-refractivity contribution in [3.8, 4) is 11.3 Å². The number of benzene rings is 1. The molecule has 0 atom stereocenters. The molecular weight excluding hydrogens is 326 g/mol. The molecular formula is C18H20ClN3O2. The van der Waals surface area contributed by atoms with E-state index in [2.05, 4.69) is 15.2 Å². The van der Waals surface area contributed by atoms with Crippen LogP contribution in [0.2, 0.25) is 5.02 Å². The minimum atomic E-state index is -0.0677. The van der Waals surface area contributed by atoms with E-state index in [9.17, 15) is 4.79 Å². The van der Waals surface area contributed by atoms with E-state index in [0.717, 1.165) is 44.1 Å². The lowest BCUT2D eigenvalue weighted by atomic mass is 10.1. The summed E-state index contributed by atoms with van der Waals surface area (Å²) in [5.41, 5.74) is 2.25. The van der Waals surface area contributed by atoms with Gasteiger partial charge >= 0.3 is 0 Å². The van der Waals surface area contributed by atoms with Crippen LogP contribution in [0.4, 0.5) is 0 Å². The fraction of sp³-hybridized carbons (Fsp3) is 0.333. The number of pyridine rings is 1. The first-order valence-electron chi connectivity index (χ1n) is 8.03. The Kier molecular flexibility index (Phi) is 5.80. The van der Waals surface area contributed by atoms with Gasteiger partial charge in [0, 0.05) is 43.5 Å². The second-order valence-corrected chi connectivity index (χ2v) is 6.03. The lowest BCUT2D eigenvalue weighted by molar-refractivity contribution is 0.0383. The summed E-state index contributed by atoms with van der Waals surface area (Å²) in [6.45, 7) is 4.87. The van der Waals surface area contributed by atoms with Gasteiger partial charge in [-0.1, -0.05) is 23.7 Å². The smallest absolute Gasteiger partial charge is 0.251 e. The molecule has 1 fully saturated rings. The quantitative estimate of drug-likeness (QED) is 0.904. The third-order valence-electron chi connectivity index (χ3n) is 4.00. The molecule has 1 aliphatic rings. The lowest BCUT2D eigenvalue weighted by Crippen LogP contribution is -2.41. The number of aromatic nitrogens is 1. The van der Waals surface area contributed by atoms with Crippen LogP contribution in [-0.2, 0) is 4.74 Å². The highest BCUT2D eigenvalue weighted by atomic mass is 35.5. The van der Waals surface area contributed by atoms with Crippen molar-refractivity contribution < 1.29 is 9.53 Å². The van der Waals surface area contributed by atoms with Crippen LogP contribution in [0.3, 0.4) is 0 Å². The van der Waals surface area contributed by atoms with Gasteiger partial charge in [0.15, 0.2) is 0 Å². The van der Waals surface area contributed by atoms with Gasteiger partial charge in [-0.25, -0.2) is 0 Å². The molecule has 5 nitrogen and oxygen atoms in total. The van der Waals surface area contributed by atoms with Gasteiger partial charge in [0.2, 0.25) is 0 Å². The van der Waals surface area contributed by atoms with Gasteiger partial charge in [-0.2, -0.15) is 0 Å². The minimum Gasteiger partial charge on any atom is -0.379 e. The van der Waals surface area contributed by atoms with Crippen molar-refractivity contribution in [1.82, 2.24) is 15.2 Å². The molecule has 2 heterocycles. The Hall–Kier alpha value is -1.95. The number of amides is 1. The maximum Gasteiger partial charge on any atom is 0.251 e. The fourth-order valence-corrected chi connectivity index (χ4v) is 2.86. The molecule has 0 bridgehead atoms. The molecule has 1 aromatic heterocycles. The summed E-state index contributed by atoms with van der Waals surface area (Å²) >= 11 is 6.15. The number of hydrogen-bond acceptors (Lipinski definition) is 4. The summed E-state index contributed by atoms with van der Waals surface area (Å²) in [6, 6.07) is 10.9. The summed E-state index contributed by atoms with van der Waals surface area (Å²) in [7, 11) is 0. The monoisotopic (exact) mass is 345 g/mol. The molecule has 126 valence electrons. The molecule has 1 saturated heterocycles. The molecule has 0 radical (unpaired) electrons. The Balaban J connectivity index is 1.55. The van der Waals surface area contributed by atoms with Crippen molar-refractivity contribution in [2.45, 2.75) is 0 Å². The van der Waals surface area contributed by atoms with E-state index in [1.807, 2.05) is 12.1 Å². The Bertz CT molecular complexity index is 685. The topological polar surface area (TPSA) is 54.5 Å². The van der Waals surface area contributed by atoms with Crippen LogP contribution >= 0.6 is 11.6 Å². The van der Waals surface area contributed by atoms with Gasteiger partial charge in [-0.3, -0.25) is 14.7 Å². The summed E-state index contributed by atoms with van der Waals surface area (Å²) < 4.78 is 5.31. The predicted octanol–water partition coefficient (Wildman–Crippen LogP) is 2.46. The number of ether oxygens (including phenoxy) is 1. The summed E-state index contributed by atoms with van der Waals surface area (Å²) in [4.78, 5) is 18.8. The van der Waals surface area contributed by atoms with Crippen LogP contribution in [0, 0.1) is 0 Å². The molecule has 1 N–H and O–H groups in total. The van der Waals surface area contributed by atoms with E-state index < -0.39 is 0 Å². The van der Waals surface area contributed by atoms with Crippen molar-refractivity contribution in [3.63, 3.8) is 0 Å². The van der Waals surface area contributed by atoms with E-state index in [0.29, 0.717) is 17.1 Å². The van der Waals surface area contributed by atoms with Gasteiger partial charge < -0.3 is 10.1 Å². The zero-order valence-electron chi connectivity index (χ0n) is 13.4. The van der Waals surface area contributed by atoms with Crippen LogP contribution in [0.5, 0.6) is 0 Å². The predicted molar refractivity (Wildman–Crippen MR) is 94.3 cm³/mol. The van der Waals surface area contributed by atoms with E-state index >= 15 is 0 Å². The molecule has 0 unspecified atom stereocenters. The highest BCUT2D eigenvalue weighted by Crippen LogP contribution is 2.25. The maximum absolute atomic E-state index is 12.2. The number of halogens is 1. The van der Waals surface area contributed by atoms with E-state index in [-0.39, 0.29) is 5.91 Å². The van der Waals surface area contributed by atoms with Gasteiger partial charge in [-0.05, 0) is 24.3 Å². The van der Waals surface area contributed by atoms with Crippen molar-refractivity contribution >= 4 is 17.5 Å². The first-order valence-corrected chi connectivity index (χ1v) is 8.41. The third-order valence-corrected chi connectivity index (χ3v) is 4.30. The number of rotatable bonds is 5. The largest absolute Gasteiger partial charge is 0.379 e. The van der Waals surface area contributed by atoms with Crippen LogP contribution < -0.4 is 5.32 Å². The minimum absolute atomic E-state index is 0.0677. The van der Waals surface area contributed by atoms with Gasteiger partial charge in [-0.15, -0.1) is 0 Å². The molecule has 0 spiro atoms. The number of morpholine rings is 1. The molecule has 6 heteroatoms. The highest BCUT2D eigenvalue weighted by molar-refractivity contribution is 6.33. The second kappa shape index (κ2) is 8.24. The molecule has 3 rings (SSSR count). The van der Waals surface area contributed by atoms with Crippen LogP contribution in [0.25, 0.3) is 11.3 Å². The molecule has 1 amide bonds. The SMILES string of the molecule is O=C(NCCN1CCOCC1)c1ccc(-c2ncccc2Cl)cc1. The number of carbonyl (C=O) groups excluding carboxylic acids is 1. The molecule has 0 aliphatic carbocycles. The Morgan fingerprint density at radius 2 is 1.96 bits per heavy atom. The normalized spacial score (nSPS) is 15.2. The standard InChI is InChI=1S/C18H20ClN3O2/c19-16-2-1-7-20-17(16)14-3-5-15(6-4-14)18(23)21-8-9-22-10-12-24-13-11-22/h1-7H,8-13H2,(H,21,23). The number of nitrogens with zero attached hydrogens (tertiary/aromatic N) is 2. The van der Waals surface area contributed by atoms with Crippen molar-refractivity contribution in [2.24, 2.45) is 0 Å². The van der Waals surface area contributed by atoms with Gasteiger partial charge in [0.1, 0.15) is 0 Å². The molecule has 24 heavy (non-hydrogen) atoms. The van der Waals surface area contributed by atoms with E-state index in [4.69, 9.17) is 16.3 Å². The lowest BCUT2D eigenvalue weighted by Gasteiger charge is -2.26. The van der Waals surface area contributed by atoms with Crippen LogP contribution in [-0.4, -0.2) is 55.2 Å². The van der Waals surface area contributed by atoms with Crippen LogP contribution in [0.1, 0.15) is 10.4 Å². The summed E-state index contributed by atoms with van der Waals surface area (Å²) in [5.74, 6) is -0.0677. The molecule has 2 aromatic rings. The van der Waals surface area contributed by atoms with E-state index in [1.54, 1.807) is 30.5 Å². The average Bonchev–Trinajstić information content (AvgIpc) is 2.63. The van der Waals surface area contributed by atoms with E-state index in [1.165, 1.54) is 0 Å². The van der Waals surface area contributed by atoms with Gasteiger partial charge in [0.05, 0.1) is 23.9 Å². The summed E-state index contributed by atoms with van der Waals surface area (Å²) in [5, 5.41) is 3.55. The van der Waals surface area contributed by atoms with Crippen LogP contribution in [0.15, 0.2) is 42.6 Å². The average molecular weight is 346 g/mol. The first kappa shape index (κ1) is 16.9. The Morgan fingerprint density at radius 3 is 2.67 bits per heavy atom. The highest BCUT2D eigenvalue weighted by Gasteiger charge is 2.11. The molecule has 1 aliphatic heterocycles. The third kappa shape index (κ3) is 4.32. The number of carbonyl (C=O) groups is 1. The van der Waals surface area contributed by atoms with Gasteiger partial charge in [0.25, 0.3) is 5.91 Å². The summed E-state index contributed by atoms with van der Waals surface area (Å²) in [6.07, 6.45) is 1.70. The van der Waals surface area contributed by atoms with Crippen molar-refractivity contribution in [2.75, 3.05) is 39.4 Å². The zero-order valence-corrected chi connectivity index (χ0v) is 14.1. The fourth-order valence-electron chi connectivity index (χ4n) is 2.63. The number of hydrogen-bond donors (Lipinski definition) is 1. The maximum atomic E-state index is 12.2. The number of nitrogens with one attached hydrogen (secondary N) is 1.